The molecule has 0 aromatic carbocycles. The Kier molecular flexibility index (Phi) is 1.82. The van der Waals surface area contributed by atoms with Crippen LogP contribution in [0.25, 0.3) is 0 Å². The highest BCUT2D eigenvalue weighted by Crippen LogP contribution is 2.40. The van der Waals surface area contributed by atoms with Crippen molar-refractivity contribution < 1.29 is 4.79 Å². The number of hydrogen-bond donors (Lipinski definition) is 0. The van der Waals surface area contributed by atoms with Crippen molar-refractivity contribution in [3.63, 3.8) is 0 Å². The van der Waals surface area contributed by atoms with Gasteiger partial charge in [0.15, 0.2) is 5.78 Å². The van der Waals surface area contributed by atoms with Crippen molar-refractivity contribution in [3.8, 4) is 0 Å². The predicted molar refractivity (Wildman–Crippen MR) is 48.8 cm³/mol. The lowest BCUT2D eigenvalue weighted by Gasteiger charge is -2.20. The van der Waals surface area contributed by atoms with E-state index in [2.05, 4.69) is 13.8 Å². The van der Waals surface area contributed by atoms with E-state index in [1.54, 1.807) is 0 Å². The molecule has 0 spiro atoms. The Labute approximate surface area is 73.8 Å². The second kappa shape index (κ2) is 2.72. The van der Waals surface area contributed by atoms with Crippen molar-refractivity contribution in [1.29, 1.82) is 0 Å². The molecule has 2 atom stereocenters. The first-order valence-corrected chi connectivity index (χ1v) is 4.93. The van der Waals surface area contributed by atoms with Crippen LogP contribution in [0.4, 0.5) is 0 Å². The van der Waals surface area contributed by atoms with Crippen molar-refractivity contribution >= 4 is 5.78 Å². The summed E-state index contributed by atoms with van der Waals surface area (Å²) in [4.78, 5) is 11.5. The number of allylic oxidation sites excluding steroid dienone is 2. The van der Waals surface area contributed by atoms with Crippen molar-refractivity contribution in [1.82, 2.24) is 0 Å². The summed E-state index contributed by atoms with van der Waals surface area (Å²) < 4.78 is 0. The van der Waals surface area contributed by atoms with Gasteiger partial charge in [-0.15, -0.1) is 0 Å². The average molecular weight is 164 g/mol. The molecule has 2 rings (SSSR count). The summed E-state index contributed by atoms with van der Waals surface area (Å²) in [5, 5.41) is 0. The van der Waals surface area contributed by atoms with Gasteiger partial charge in [-0.2, -0.15) is 0 Å². The molecular formula is C11H16O. The highest BCUT2D eigenvalue weighted by Gasteiger charge is 2.32. The van der Waals surface area contributed by atoms with Gasteiger partial charge in [-0.05, 0) is 36.7 Å². The summed E-state index contributed by atoms with van der Waals surface area (Å²) in [6, 6.07) is 0. The van der Waals surface area contributed by atoms with Crippen LogP contribution < -0.4 is 0 Å². The van der Waals surface area contributed by atoms with E-state index >= 15 is 0 Å². The molecule has 0 N–H and O–H groups in total. The third kappa shape index (κ3) is 1.12. The molecule has 0 aromatic rings. The van der Waals surface area contributed by atoms with Gasteiger partial charge in [0.05, 0.1) is 0 Å². The normalized spacial score (nSPS) is 35.7. The van der Waals surface area contributed by atoms with E-state index in [1.165, 1.54) is 24.0 Å². The number of ketones is 1. The molecule has 2 aliphatic carbocycles. The number of hydrogen-bond acceptors (Lipinski definition) is 1. The van der Waals surface area contributed by atoms with Crippen LogP contribution in [0.5, 0.6) is 0 Å². The molecule has 0 fully saturated rings. The summed E-state index contributed by atoms with van der Waals surface area (Å²) in [5.41, 5.74) is 2.68. The summed E-state index contributed by atoms with van der Waals surface area (Å²) in [6.07, 6.45) is 4.32. The summed E-state index contributed by atoms with van der Waals surface area (Å²) in [5.74, 6) is 1.72. The number of carbonyl (C=O) groups excluding carboxylic acids is 1. The molecule has 0 amide bonds. The van der Waals surface area contributed by atoms with Gasteiger partial charge >= 0.3 is 0 Å². The van der Waals surface area contributed by atoms with Crippen molar-refractivity contribution in [2.45, 2.75) is 39.5 Å². The molecule has 2 aliphatic rings. The Morgan fingerprint density at radius 2 is 2.00 bits per heavy atom. The average Bonchev–Trinajstić information content (AvgIpc) is 2.28. The first kappa shape index (κ1) is 8.03. The minimum absolute atomic E-state index is 0.434. The Morgan fingerprint density at radius 1 is 1.25 bits per heavy atom. The molecule has 0 saturated heterocycles. The van der Waals surface area contributed by atoms with Crippen LogP contribution in [-0.4, -0.2) is 5.78 Å². The Morgan fingerprint density at radius 3 is 2.75 bits per heavy atom. The molecule has 0 aliphatic heterocycles. The van der Waals surface area contributed by atoms with Crippen molar-refractivity contribution in [2.24, 2.45) is 11.8 Å². The molecule has 2 unspecified atom stereocenters. The number of Topliss-reactive ketones (excluding diaryl/α,β-unsaturated/α-hetero) is 1. The maximum absolute atomic E-state index is 11.5. The molecule has 0 saturated carbocycles. The second-order valence-electron chi connectivity index (χ2n) is 4.38. The van der Waals surface area contributed by atoms with E-state index in [0.29, 0.717) is 11.7 Å². The molecular weight excluding hydrogens is 148 g/mol. The smallest absolute Gasteiger partial charge is 0.159 e. The van der Waals surface area contributed by atoms with Gasteiger partial charge in [-0.25, -0.2) is 0 Å². The lowest BCUT2D eigenvalue weighted by molar-refractivity contribution is -0.115. The largest absolute Gasteiger partial charge is 0.295 e. The fourth-order valence-corrected chi connectivity index (χ4v) is 2.50. The van der Waals surface area contributed by atoms with Crippen LogP contribution in [-0.2, 0) is 4.79 Å². The summed E-state index contributed by atoms with van der Waals surface area (Å²) >= 11 is 0. The zero-order chi connectivity index (χ0) is 8.72. The summed E-state index contributed by atoms with van der Waals surface area (Å²) in [6.45, 7) is 4.44. The highest BCUT2D eigenvalue weighted by molar-refractivity contribution is 5.99. The fraction of sp³-hybridized carbons (Fsp3) is 0.727. The monoisotopic (exact) mass is 164 g/mol. The maximum atomic E-state index is 11.5. The molecule has 0 bridgehead atoms. The van der Waals surface area contributed by atoms with Gasteiger partial charge in [0.1, 0.15) is 0 Å². The zero-order valence-corrected chi connectivity index (χ0v) is 7.89. The van der Waals surface area contributed by atoms with Crippen LogP contribution in [0.1, 0.15) is 39.5 Å². The van der Waals surface area contributed by atoms with Crippen LogP contribution in [0.3, 0.4) is 0 Å². The van der Waals surface area contributed by atoms with Gasteiger partial charge in [-0.1, -0.05) is 19.4 Å². The van der Waals surface area contributed by atoms with E-state index in [9.17, 15) is 4.79 Å². The van der Waals surface area contributed by atoms with Crippen molar-refractivity contribution in [2.75, 3.05) is 0 Å². The van der Waals surface area contributed by atoms with Gasteiger partial charge in [-0.3, -0.25) is 4.79 Å². The van der Waals surface area contributed by atoms with Gasteiger partial charge in [0.2, 0.25) is 0 Å². The van der Waals surface area contributed by atoms with Crippen LogP contribution >= 0.6 is 0 Å². The van der Waals surface area contributed by atoms with Gasteiger partial charge < -0.3 is 0 Å². The summed E-state index contributed by atoms with van der Waals surface area (Å²) in [7, 11) is 0. The molecule has 0 heterocycles. The van der Waals surface area contributed by atoms with E-state index < -0.39 is 0 Å². The topological polar surface area (TPSA) is 17.1 Å². The quantitative estimate of drug-likeness (QED) is 0.538. The van der Waals surface area contributed by atoms with E-state index in [1.807, 2.05) is 0 Å². The Hall–Kier alpha value is -0.590. The molecule has 1 heteroatoms. The van der Waals surface area contributed by atoms with E-state index in [4.69, 9.17) is 0 Å². The molecule has 0 radical (unpaired) electrons. The Balaban J connectivity index is 2.29. The highest BCUT2D eigenvalue weighted by atomic mass is 16.1. The van der Waals surface area contributed by atoms with E-state index in [0.717, 1.165) is 18.8 Å². The van der Waals surface area contributed by atoms with Crippen LogP contribution in [0.2, 0.25) is 0 Å². The standard InChI is InChI=1S/C11H16O/c1-7-3-4-9-8(2)6-11(12)10(9)5-7/h7-8H,3-6H2,1-2H3. The third-order valence-electron chi connectivity index (χ3n) is 3.27. The fourth-order valence-electron chi connectivity index (χ4n) is 2.50. The molecule has 0 aromatic heterocycles. The van der Waals surface area contributed by atoms with Crippen LogP contribution in [0.15, 0.2) is 11.1 Å². The first-order chi connectivity index (χ1) is 5.68. The zero-order valence-electron chi connectivity index (χ0n) is 7.89. The Bertz CT molecular complexity index is 250. The second-order valence-corrected chi connectivity index (χ2v) is 4.38. The van der Waals surface area contributed by atoms with Gasteiger partial charge in [0, 0.05) is 6.42 Å². The molecule has 66 valence electrons. The number of rotatable bonds is 0. The lowest BCUT2D eigenvalue weighted by Crippen LogP contribution is -2.08. The molecule has 12 heavy (non-hydrogen) atoms. The van der Waals surface area contributed by atoms with Crippen LogP contribution in [0, 0.1) is 11.8 Å². The first-order valence-electron chi connectivity index (χ1n) is 4.93. The molecule has 1 nitrogen and oxygen atoms in total. The van der Waals surface area contributed by atoms with Gasteiger partial charge in [0.25, 0.3) is 0 Å². The SMILES string of the molecule is CC1CCC2=C(C1)C(=O)CC2C. The minimum Gasteiger partial charge on any atom is -0.295 e. The minimum atomic E-state index is 0.434. The predicted octanol–water partition coefficient (Wildman–Crippen LogP) is 2.71. The lowest BCUT2D eigenvalue weighted by atomic mass is 9.84. The number of carbonyl (C=O) groups is 1. The van der Waals surface area contributed by atoms with Crippen molar-refractivity contribution in [3.05, 3.63) is 11.1 Å². The third-order valence-corrected chi connectivity index (χ3v) is 3.27. The van der Waals surface area contributed by atoms with E-state index in [-0.39, 0.29) is 0 Å². The maximum Gasteiger partial charge on any atom is 0.159 e.